The summed E-state index contributed by atoms with van der Waals surface area (Å²) in [5.74, 6) is 0. The van der Waals surface area contributed by atoms with E-state index in [1.165, 1.54) is 7.05 Å². The summed E-state index contributed by atoms with van der Waals surface area (Å²) in [5, 5.41) is 5.74. The lowest BCUT2D eigenvalue weighted by Gasteiger charge is -2.05. The molecule has 0 aromatic carbocycles. The number of nitrogens with zero attached hydrogens (tertiary/aromatic N) is 2. The van der Waals surface area contributed by atoms with Gasteiger partial charge in [0.1, 0.15) is 0 Å². The van der Waals surface area contributed by atoms with Gasteiger partial charge in [0.25, 0.3) is 0 Å². The number of hydrogen-bond donors (Lipinski definition) is 3. The third kappa shape index (κ3) is 156. The molecule has 0 bridgehead atoms. The van der Waals surface area contributed by atoms with Gasteiger partial charge in [-0.05, 0) is 56.4 Å². The first kappa shape index (κ1) is 32.0. The molecule has 19 heavy (non-hydrogen) atoms. The van der Waals surface area contributed by atoms with Gasteiger partial charge in [-0.3, -0.25) is 9.80 Å². The molecule has 0 saturated heterocycles. The zero-order valence-corrected chi connectivity index (χ0v) is 16.8. The Kier molecular flexibility index (Phi) is 72.0. The average molecular weight is 387 g/mol. The minimum absolute atomic E-state index is 0.535. The van der Waals surface area contributed by atoms with Gasteiger partial charge in [0.2, 0.25) is 0 Å². The predicted octanol–water partition coefficient (Wildman–Crippen LogP) is 1.46. The summed E-state index contributed by atoms with van der Waals surface area (Å²) >= 11 is 13.1. The molecule has 0 aromatic heterocycles. The number of rotatable bonds is 3. The molecular formula is C11H34BrCl2N5. The zero-order chi connectivity index (χ0) is 16.7. The van der Waals surface area contributed by atoms with Crippen LogP contribution in [-0.2, 0) is 0 Å². The van der Waals surface area contributed by atoms with Gasteiger partial charge >= 0.3 is 0 Å². The maximum atomic E-state index is 5.26. The summed E-state index contributed by atoms with van der Waals surface area (Å²) in [6.45, 7) is 0.958. The van der Waals surface area contributed by atoms with Crippen molar-refractivity contribution in [3.63, 3.8) is 0 Å². The number of nitrogens with two attached hydrogens (primary N) is 1. The van der Waals surface area contributed by atoms with E-state index in [0.29, 0.717) is 10.8 Å². The van der Waals surface area contributed by atoms with E-state index in [1.807, 2.05) is 54.2 Å². The minimum atomic E-state index is 0.535. The van der Waals surface area contributed by atoms with Crippen LogP contribution in [0.1, 0.15) is 0 Å². The van der Waals surface area contributed by atoms with E-state index >= 15 is 0 Å². The maximum absolute atomic E-state index is 5.26. The van der Waals surface area contributed by atoms with Gasteiger partial charge in [-0.25, -0.2) is 0 Å². The second kappa shape index (κ2) is 42.8. The van der Waals surface area contributed by atoms with Crippen LogP contribution in [0.25, 0.3) is 0 Å². The van der Waals surface area contributed by atoms with Crippen LogP contribution in [0, 0.1) is 0 Å². The minimum Gasteiger partial charge on any atom is -0.333 e. The highest BCUT2D eigenvalue weighted by molar-refractivity contribution is 9.09. The van der Waals surface area contributed by atoms with Crippen molar-refractivity contribution >= 4 is 39.1 Å². The topological polar surface area (TPSA) is 56.6 Å². The van der Waals surface area contributed by atoms with Crippen molar-refractivity contribution in [1.82, 2.24) is 20.4 Å². The standard InChI is InChI=1S/C4H12N2.C3H8ClN.C2H7N.CH2BrCl.CH5N/c1-5-4-6(2)3;1-5(2)3-4;1-3-2;2-1-3;1-2/h5H,4H2,1-3H3;3H2,1-2H3;3H,1-2H3;1H2;2H2,1H3. The molecule has 0 radical (unpaired) electrons. The van der Waals surface area contributed by atoms with Crippen LogP contribution in [0.3, 0.4) is 0 Å². The normalized spacial score (nSPS) is 7.89. The van der Waals surface area contributed by atoms with Gasteiger partial charge in [0, 0.05) is 6.67 Å². The molecule has 0 heterocycles. The van der Waals surface area contributed by atoms with E-state index in [1.54, 1.807) is 0 Å². The van der Waals surface area contributed by atoms with Crippen molar-refractivity contribution in [3.8, 4) is 0 Å². The van der Waals surface area contributed by atoms with Gasteiger partial charge in [0.05, 0.1) is 10.8 Å². The molecule has 124 valence electrons. The van der Waals surface area contributed by atoms with Crippen molar-refractivity contribution in [2.45, 2.75) is 0 Å². The van der Waals surface area contributed by atoms with Crippen LogP contribution in [-0.4, -0.2) is 83.6 Å². The summed E-state index contributed by atoms with van der Waals surface area (Å²) in [6.07, 6.45) is 0. The Morgan fingerprint density at radius 2 is 1.16 bits per heavy atom. The molecule has 0 spiro atoms. The number of nitrogens with one attached hydrogen (secondary N) is 2. The lowest BCUT2D eigenvalue weighted by molar-refractivity contribution is 0.385. The zero-order valence-electron chi connectivity index (χ0n) is 13.7. The fourth-order valence-electron chi connectivity index (χ4n) is 0.316. The molecule has 0 aliphatic heterocycles. The highest BCUT2D eigenvalue weighted by atomic mass is 79.9. The van der Waals surface area contributed by atoms with Crippen LogP contribution < -0.4 is 16.4 Å². The lowest BCUT2D eigenvalue weighted by atomic mass is 10.9. The van der Waals surface area contributed by atoms with Gasteiger partial charge < -0.3 is 16.4 Å². The van der Waals surface area contributed by atoms with E-state index in [4.69, 9.17) is 23.2 Å². The molecular weight excluding hydrogens is 353 g/mol. The van der Waals surface area contributed by atoms with Crippen LogP contribution in [0.15, 0.2) is 0 Å². The van der Waals surface area contributed by atoms with E-state index in [9.17, 15) is 0 Å². The molecule has 0 atom stereocenters. The Morgan fingerprint density at radius 3 is 1.16 bits per heavy atom. The molecule has 0 aliphatic rings. The second-order valence-electron chi connectivity index (χ2n) is 3.39. The first-order chi connectivity index (χ1) is 8.87. The summed E-state index contributed by atoms with van der Waals surface area (Å²) in [4.78, 5) is 4.49. The van der Waals surface area contributed by atoms with Crippen LogP contribution in [0.2, 0.25) is 0 Å². The highest BCUT2D eigenvalue weighted by Crippen LogP contribution is 1.78. The third-order valence-corrected chi connectivity index (χ3v) is 1.19. The van der Waals surface area contributed by atoms with Crippen molar-refractivity contribution in [1.29, 1.82) is 0 Å². The molecule has 0 fully saturated rings. The molecule has 0 saturated carbocycles. The Hall–Kier alpha value is 0.860. The van der Waals surface area contributed by atoms with Crippen LogP contribution in [0.5, 0.6) is 0 Å². The molecule has 0 aliphatic carbocycles. The van der Waals surface area contributed by atoms with Crippen LogP contribution >= 0.6 is 39.1 Å². The van der Waals surface area contributed by atoms with Crippen molar-refractivity contribution in [3.05, 3.63) is 0 Å². The van der Waals surface area contributed by atoms with E-state index < -0.39 is 0 Å². The van der Waals surface area contributed by atoms with Crippen molar-refractivity contribution in [2.24, 2.45) is 5.73 Å². The molecule has 0 amide bonds. The molecule has 0 aromatic rings. The molecule has 4 N–H and O–H groups in total. The first-order valence-electron chi connectivity index (χ1n) is 5.65. The number of halogens is 3. The van der Waals surface area contributed by atoms with Crippen molar-refractivity contribution in [2.75, 3.05) is 73.8 Å². The van der Waals surface area contributed by atoms with Crippen LogP contribution in [0.4, 0.5) is 0 Å². The number of alkyl halides is 3. The van der Waals surface area contributed by atoms with E-state index in [2.05, 4.69) is 37.2 Å². The summed E-state index contributed by atoms with van der Waals surface area (Å²) in [6, 6.07) is 0.611. The van der Waals surface area contributed by atoms with Crippen molar-refractivity contribution < 1.29 is 0 Å². The van der Waals surface area contributed by atoms with Gasteiger partial charge in [-0.15, -0.1) is 23.2 Å². The second-order valence-corrected chi connectivity index (χ2v) is 5.10. The first-order valence-corrected chi connectivity index (χ1v) is 7.84. The van der Waals surface area contributed by atoms with Gasteiger partial charge in [0.15, 0.2) is 0 Å². The highest BCUT2D eigenvalue weighted by Gasteiger charge is 1.77. The average Bonchev–Trinajstić information content (AvgIpc) is 2.34. The SMILES string of the molecule is CN.CN(C)CCl.CNC.CNCN(C)C.ClCBr. The molecule has 0 unspecified atom stereocenters. The fourth-order valence-corrected chi connectivity index (χ4v) is 0.316. The van der Waals surface area contributed by atoms with E-state index in [0.717, 1.165) is 6.67 Å². The fraction of sp³-hybridized carbons (Fsp3) is 1.00. The Bertz CT molecular complexity index is 99.2. The molecule has 0 rings (SSSR count). The smallest absolute Gasteiger partial charge is 0.0778 e. The third-order valence-electron chi connectivity index (χ3n) is 0.713. The lowest BCUT2D eigenvalue weighted by Crippen LogP contribution is -2.24. The quantitative estimate of drug-likeness (QED) is 0.389. The van der Waals surface area contributed by atoms with Gasteiger partial charge in [-0.1, -0.05) is 15.9 Å². The Balaban J connectivity index is -0.0000000457. The summed E-state index contributed by atoms with van der Waals surface area (Å²) < 4.78 is 0. The molecule has 5 nitrogen and oxygen atoms in total. The maximum Gasteiger partial charge on any atom is 0.0778 e. The Labute approximate surface area is 139 Å². The van der Waals surface area contributed by atoms with Gasteiger partial charge in [-0.2, -0.15) is 0 Å². The largest absolute Gasteiger partial charge is 0.333 e. The number of hydrogen-bond acceptors (Lipinski definition) is 5. The predicted molar refractivity (Wildman–Crippen MR) is 96.8 cm³/mol. The monoisotopic (exact) mass is 385 g/mol. The van der Waals surface area contributed by atoms with E-state index in [-0.39, 0.29) is 0 Å². The summed E-state index contributed by atoms with van der Waals surface area (Å²) in [5.41, 5.74) is 4.50. The Morgan fingerprint density at radius 1 is 0.947 bits per heavy atom. The summed E-state index contributed by atoms with van der Waals surface area (Å²) in [7, 11) is 15.1. The molecule has 8 heteroatoms.